The number of amides is 1. The number of anilines is 2. The van der Waals surface area contributed by atoms with Crippen LogP contribution in [0.15, 0.2) is 42.5 Å². The van der Waals surface area contributed by atoms with Crippen molar-refractivity contribution >= 4 is 28.9 Å². The Hall–Kier alpha value is -2.20. The van der Waals surface area contributed by atoms with Crippen molar-refractivity contribution in [2.24, 2.45) is 0 Å². The molecule has 0 spiro atoms. The van der Waals surface area contributed by atoms with Gasteiger partial charge in [-0.25, -0.2) is 0 Å². The van der Waals surface area contributed by atoms with Crippen LogP contribution >= 0.6 is 11.6 Å². The van der Waals surface area contributed by atoms with Crippen LogP contribution in [0.2, 0.25) is 5.02 Å². The lowest BCUT2D eigenvalue weighted by atomic mass is 10.1. The molecular weight excluding hydrogens is 324 g/mol. The summed E-state index contributed by atoms with van der Waals surface area (Å²) in [5.74, 6) is 0.414. The summed E-state index contributed by atoms with van der Waals surface area (Å²) in [6.07, 6.45) is 2.18. The molecule has 0 aromatic heterocycles. The summed E-state index contributed by atoms with van der Waals surface area (Å²) in [5, 5.41) is 6.58. The highest BCUT2D eigenvalue weighted by Gasteiger charge is 2.15. The van der Waals surface area contributed by atoms with E-state index < -0.39 is 6.04 Å². The lowest BCUT2D eigenvalue weighted by Crippen LogP contribution is -2.32. The molecular formula is C19H23ClN2O2. The number of rotatable bonds is 7. The zero-order valence-corrected chi connectivity index (χ0v) is 15.0. The minimum Gasteiger partial charge on any atom is -0.495 e. The Labute approximate surface area is 148 Å². The molecule has 2 N–H and O–H groups in total. The number of aryl methyl sites for hydroxylation is 1. The van der Waals surface area contributed by atoms with E-state index in [0.717, 1.165) is 18.5 Å². The van der Waals surface area contributed by atoms with E-state index >= 15 is 0 Å². The highest BCUT2D eigenvalue weighted by atomic mass is 35.5. The molecule has 24 heavy (non-hydrogen) atoms. The predicted molar refractivity (Wildman–Crippen MR) is 100 cm³/mol. The van der Waals surface area contributed by atoms with Gasteiger partial charge in [0.25, 0.3) is 0 Å². The minimum absolute atomic E-state index is 0.159. The number of hydrogen-bond acceptors (Lipinski definition) is 3. The number of hydrogen-bond donors (Lipinski definition) is 2. The van der Waals surface area contributed by atoms with Crippen molar-refractivity contribution in [1.29, 1.82) is 0 Å². The largest absolute Gasteiger partial charge is 0.495 e. The summed E-state index contributed by atoms with van der Waals surface area (Å²) in [6, 6.07) is 12.9. The zero-order chi connectivity index (χ0) is 17.5. The van der Waals surface area contributed by atoms with Gasteiger partial charge in [-0.15, -0.1) is 0 Å². The monoisotopic (exact) mass is 346 g/mol. The highest BCUT2D eigenvalue weighted by Crippen LogP contribution is 2.27. The van der Waals surface area contributed by atoms with Crippen molar-refractivity contribution < 1.29 is 9.53 Å². The van der Waals surface area contributed by atoms with Crippen molar-refractivity contribution in [3.63, 3.8) is 0 Å². The second kappa shape index (κ2) is 8.60. The van der Waals surface area contributed by atoms with Gasteiger partial charge in [0.05, 0.1) is 12.8 Å². The fraction of sp³-hybridized carbons (Fsp3) is 0.316. The molecule has 4 nitrogen and oxygen atoms in total. The third-order valence-electron chi connectivity index (χ3n) is 3.69. The smallest absolute Gasteiger partial charge is 0.246 e. The predicted octanol–water partition coefficient (Wildman–Crippen LogP) is 4.74. The quantitative estimate of drug-likeness (QED) is 0.761. The Kier molecular flexibility index (Phi) is 6.50. The van der Waals surface area contributed by atoms with E-state index in [4.69, 9.17) is 16.3 Å². The Morgan fingerprint density at radius 3 is 2.54 bits per heavy atom. The SMILES string of the molecule is CCCc1ccc(N[C@@H](C)C(=O)Nc2cc(Cl)ccc2OC)cc1. The molecule has 0 fully saturated rings. The van der Waals surface area contributed by atoms with Gasteiger partial charge in [0.15, 0.2) is 0 Å². The van der Waals surface area contributed by atoms with Crippen LogP contribution < -0.4 is 15.4 Å². The van der Waals surface area contributed by atoms with Crippen LogP contribution in [0.3, 0.4) is 0 Å². The zero-order valence-electron chi connectivity index (χ0n) is 14.2. The molecule has 0 aliphatic heterocycles. The molecule has 2 aromatic carbocycles. The molecule has 1 atom stereocenters. The minimum atomic E-state index is -0.397. The van der Waals surface area contributed by atoms with Gasteiger partial charge in [-0.3, -0.25) is 4.79 Å². The van der Waals surface area contributed by atoms with Gasteiger partial charge in [-0.1, -0.05) is 37.1 Å². The molecule has 0 aliphatic carbocycles. The van der Waals surface area contributed by atoms with E-state index in [0.29, 0.717) is 16.5 Å². The highest BCUT2D eigenvalue weighted by molar-refractivity contribution is 6.31. The van der Waals surface area contributed by atoms with Crippen LogP contribution in [0.5, 0.6) is 5.75 Å². The summed E-state index contributed by atoms with van der Waals surface area (Å²) in [6.45, 7) is 3.97. The van der Waals surface area contributed by atoms with E-state index in [1.165, 1.54) is 5.56 Å². The maximum atomic E-state index is 12.4. The van der Waals surface area contributed by atoms with Crippen LogP contribution in [-0.4, -0.2) is 19.1 Å². The first kappa shape index (κ1) is 18.1. The van der Waals surface area contributed by atoms with Crippen LogP contribution in [0, 0.1) is 0 Å². The van der Waals surface area contributed by atoms with E-state index in [2.05, 4.69) is 29.7 Å². The van der Waals surface area contributed by atoms with Crippen molar-refractivity contribution in [1.82, 2.24) is 0 Å². The first-order valence-corrected chi connectivity index (χ1v) is 8.41. The average Bonchev–Trinajstić information content (AvgIpc) is 2.57. The van der Waals surface area contributed by atoms with Crippen LogP contribution in [0.25, 0.3) is 0 Å². The van der Waals surface area contributed by atoms with Crippen molar-refractivity contribution in [2.45, 2.75) is 32.7 Å². The van der Waals surface area contributed by atoms with E-state index in [1.807, 2.05) is 19.1 Å². The van der Waals surface area contributed by atoms with Gasteiger partial charge < -0.3 is 15.4 Å². The van der Waals surface area contributed by atoms with Gasteiger partial charge in [0.1, 0.15) is 11.8 Å². The molecule has 2 aromatic rings. The first-order valence-electron chi connectivity index (χ1n) is 8.03. The van der Waals surface area contributed by atoms with Gasteiger partial charge >= 0.3 is 0 Å². The molecule has 0 heterocycles. The Balaban J connectivity index is 2.00. The molecule has 2 rings (SSSR count). The van der Waals surface area contributed by atoms with E-state index in [-0.39, 0.29) is 5.91 Å². The maximum Gasteiger partial charge on any atom is 0.246 e. The van der Waals surface area contributed by atoms with Gasteiger partial charge in [-0.2, -0.15) is 0 Å². The molecule has 1 amide bonds. The van der Waals surface area contributed by atoms with Gasteiger partial charge in [-0.05, 0) is 49.2 Å². The number of nitrogens with one attached hydrogen (secondary N) is 2. The molecule has 5 heteroatoms. The third kappa shape index (κ3) is 4.90. The molecule has 0 unspecified atom stereocenters. The first-order chi connectivity index (χ1) is 11.5. The molecule has 0 radical (unpaired) electrons. The second-order valence-corrected chi connectivity index (χ2v) is 6.08. The number of carbonyl (C=O) groups excluding carboxylic acids is 1. The normalized spacial score (nSPS) is 11.7. The van der Waals surface area contributed by atoms with Gasteiger partial charge in [0, 0.05) is 10.7 Å². The molecule has 0 saturated heterocycles. The lowest BCUT2D eigenvalue weighted by Gasteiger charge is -2.17. The molecule has 128 valence electrons. The summed E-state index contributed by atoms with van der Waals surface area (Å²) in [5.41, 5.74) is 2.77. The lowest BCUT2D eigenvalue weighted by molar-refractivity contribution is -0.116. The van der Waals surface area contributed by atoms with E-state index in [1.54, 1.807) is 25.3 Å². The Morgan fingerprint density at radius 2 is 1.92 bits per heavy atom. The van der Waals surface area contributed by atoms with Crippen molar-refractivity contribution in [2.75, 3.05) is 17.7 Å². The summed E-state index contributed by atoms with van der Waals surface area (Å²) in [4.78, 5) is 12.4. The third-order valence-corrected chi connectivity index (χ3v) is 3.92. The average molecular weight is 347 g/mol. The number of halogens is 1. The van der Waals surface area contributed by atoms with E-state index in [9.17, 15) is 4.79 Å². The maximum absolute atomic E-state index is 12.4. The Morgan fingerprint density at radius 1 is 1.21 bits per heavy atom. The van der Waals surface area contributed by atoms with Crippen LogP contribution in [0.1, 0.15) is 25.8 Å². The number of ether oxygens (including phenoxy) is 1. The fourth-order valence-corrected chi connectivity index (χ4v) is 2.56. The summed E-state index contributed by atoms with van der Waals surface area (Å²) >= 11 is 5.98. The fourth-order valence-electron chi connectivity index (χ4n) is 2.39. The molecule has 0 aliphatic rings. The number of carbonyl (C=O) groups is 1. The van der Waals surface area contributed by atoms with Crippen molar-refractivity contribution in [3.8, 4) is 5.75 Å². The summed E-state index contributed by atoms with van der Waals surface area (Å²) in [7, 11) is 1.55. The molecule has 0 bridgehead atoms. The molecule has 0 saturated carbocycles. The number of methoxy groups -OCH3 is 1. The van der Waals surface area contributed by atoms with Crippen LogP contribution in [0.4, 0.5) is 11.4 Å². The van der Waals surface area contributed by atoms with Gasteiger partial charge in [0.2, 0.25) is 5.91 Å². The standard InChI is InChI=1S/C19H23ClN2O2/c1-4-5-14-6-9-16(10-7-14)21-13(2)19(23)22-17-12-15(20)8-11-18(17)24-3/h6-13,21H,4-5H2,1-3H3,(H,22,23)/t13-/m0/s1. The topological polar surface area (TPSA) is 50.4 Å². The summed E-state index contributed by atoms with van der Waals surface area (Å²) < 4.78 is 5.24. The van der Waals surface area contributed by atoms with Crippen LogP contribution in [-0.2, 0) is 11.2 Å². The Bertz CT molecular complexity index is 686. The number of benzene rings is 2. The second-order valence-electron chi connectivity index (χ2n) is 5.65. The van der Waals surface area contributed by atoms with Crippen molar-refractivity contribution in [3.05, 3.63) is 53.1 Å².